The molecule has 1 aromatic heterocycles. The number of rotatable bonds is 9. The summed E-state index contributed by atoms with van der Waals surface area (Å²) in [7, 11) is 1.54. The van der Waals surface area contributed by atoms with Crippen LogP contribution in [-0.2, 0) is 11.4 Å². The number of fused-ring (bicyclic) bond motifs is 2. The van der Waals surface area contributed by atoms with Crippen LogP contribution in [0.3, 0.4) is 0 Å². The maximum atomic E-state index is 12.3. The standard InChI is InChI=1S/C30H24ClN3O4/c1-36-27-16-20(15-25(31)30(27)38-18-23-10-4-8-21-7-2-3-12-24(21)23)17-33-34-28(35)19-37-26-13-5-9-22-11-6-14-32-29(22)26/h2-17H,18-19H2,1H3,(H,34,35). The number of para-hydroxylation sites is 1. The Labute approximate surface area is 224 Å². The first-order valence-electron chi connectivity index (χ1n) is 11.9. The Morgan fingerprint density at radius 3 is 2.63 bits per heavy atom. The number of carbonyl (C=O) groups is 1. The number of carbonyl (C=O) groups excluding carboxylic acids is 1. The maximum Gasteiger partial charge on any atom is 0.277 e. The van der Waals surface area contributed by atoms with Crippen molar-refractivity contribution in [3.05, 3.63) is 107 Å². The number of hydrazone groups is 1. The smallest absolute Gasteiger partial charge is 0.277 e. The summed E-state index contributed by atoms with van der Waals surface area (Å²) in [5.74, 6) is 0.998. The molecule has 7 nitrogen and oxygen atoms in total. The molecule has 8 heteroatoms. The Morgan fingerprint density at radius 1 is 0.947 bits per heavy atom. The molecule has 0 fully saturated rings. The molecule has 0 saturated carbocycles. The summed E-state index contributed by atoms with van der Waals surface area (Å²) >= 11 is 6.52. The molecule has 190 valence electrons. The SMILES string of the molecule is COc1cc(C=NNC(=O)COc2cccc3cccnc23)cc(Cl)c1OCc1cccc2ccccc12. The molecular formula is C30H24ClN3O4. The zero-order valence-electron chi connectivity index (χ0n) is 20.6. The van der Waals surface area contributed by atoms with Crippen LogP contribution < -0.4 is 19.6 Å². The van der Waals surface area contributed by atoms with Gasteiger partial charge in [0.15, 0.2) is 18.1 Å². The minimum atomic E-state index is -0.415. The molecule has 0 atom stereocenters. The highest BCUT2D eigenvalue weighted by molar-refractivity contribution is 6.32. The van der Waals surface area contributed by atoms with Gasteiger partial charge in [-0.2, -0.15) is 5.10 Å². The predicted molar refractivity (Wildman–Crippen MR) is 149 cm³/mol. The summed E-state index contributed by atoms with van der Waals surface area (Å²) in [6.07, 6.45) is 3.15. The molecule has 0 aliphatic heterocycles. The van der Waals surface area contributed by atoms with E-state index in [1.165, 1.54) is 6.21 Å². The molecule has 0 aliphatic carbocycles. The van der Waals surface area contributed by atoms with Crippen molar-refractivity contribution in [2.75, 3.05) is 13.7 Å². The van der Waals surface area contributed by atoms with Crippen LogP contribution in [0.4, 0.5) is 0 Å². The summed E-state index contributed by atoms with van der Waals surface area (Å²) in [6, 6.07) is 27.0. The van der Waals surface area contributed by atoms with E-state index >= 15 is 0 Å². The Kier molecular flexibility index (Phi) is 7.66. The third-order valence-electron chi connectivity index (χ3n) is 5.86. The minimum absolute atomic E-state index is 0.210. The normalized spacial score (nSPS) is 11.1. The summed E-state index contributed by atoms with van der Waals surface area (Å²) in [5.41, 5.74) is 4.81. The highest BCUT2D eigenvalue weighted by Crippen LogP contribution is 2.37. The number of halogens is 1. The lowest BCUT2D eigenvalue weighted by Gasteiger charge is -2.14. The van der Waals surface area contributed by atoms with Gasteiger partial charge in [-0.15, -0.1) is 0 Å². The van der Waals surface area contributed by atoms with Crippen molar-refractivity contribution in [3.63, 3.8) is 0 Å². The van der Waals surface area contributed by atoms with Crippen LogP contribution in [0, 0.1) is 0 Å². The van der Waals surface area contributed by atoms with Gasteiger partial charge in [0, 0.05) is 11.6 Å². The van der Waals surface area contributed by atoms with Crippen molar-refractivity contribution in [1.82, 2.24) is 10.4 Å². The first kappa shape index (κ1) is 25.0. The largest absolute Gasteiger partial charge is 0.493 e. The molecule has 0 saturated heterocycles. The molecule has 0 spiro atoms. The van der Waals surface area contributed by atoms with Gasteiger partial charge in [0.25, 0.3) is 5.91 Å². The van der Waals surface area contributed by atoms with Gasteiger partial charge in [-0.05, 0) is 46.2 Å². The third kappa shape index (κ3) is 5.68. The van der Waals surface area contributed by atoms with Gasteiger partial charge in [0.2, 0.25) is 0 Å². The van der Waals surface area contributed by atoms with Crippen LogP contribution in [0.25, 0.3) is 21.7 Å². The van der Waals surface area contributed by atoms with Crippen molar-refractivity contribution in [2.24, 2.45) is 5.10 Å². The number of aromatic nitrogens is 1. The molecule has 0 unspecified atom stereocenters. The highest BCUT2D eigenvalue weighted by atomic mass is 35.5. The number of ether oxygens (including phenoxy) is 3. The zero-order chi connectivity index (χ0) is 26.3. The first-order chi connectivity index (χ1) is 18.6. The topological polar surface area (TPSA) is 82.0 Å². The number of methoxy groups -OCH3 is 1. The Bertz CT molecular complexity index is 1630. The fourth-order valence-electron chi connectivity index (χ4n) is 4.07. The van der Waals surface area contributed by atoms with E-state index in [1.807, 2.05) is 48.5 Å². The van der Waals surface area contributed by atoms with Crippen molar-refractivity contribution >= 4 is 45.4 Å². The van der Waals surface area contributed by atoms with Crippen molar-refractivity contribution in [1.29, 1.82) is 0 Å². The van der Waals surface area contributed by atoms with Crippen LogP contribution in [0.5, 0.6) is 17.2 Å². The third-order valence-corrected chi connectivity index (χ3v) is 6.14. The van der Waals surface area contributed by atoms with E-state index in [4.69, 9.17) is 25.8 Å². The van der Waals surface area contributed by atoms with Crippen LogP contribution in [0.2, 0.25) is 5.02 Å². The first-order valence-corrected chi connectivity index (χ1v) is 12.3. The van der Waals surface area contributed by atoms with Crippen LogP contribution in [-0.4, -0.2) is 30.8 Å². The lowest BCUT2D eigenvalue weighted by Crippen LogP contribution is -2.24. The molecule has 0 bridgehead atoms. The Balaban J connectivity index is 1.21. The van der Waals surface area contributed by atoms with Crippen molar-refractivity contribution in [3.8, 4) is 17.2 Å². The van der Waals surface area contributed by atoms with Gasteiger partial charge in [0.1, 0.15) is 17.9 Å². The summed E-state index contributed by atoms with van der Waals surface area (Å²) in [4.78, 5) is 16.6. The van der Waals surface area contributed by atoms with E-state index in [1.54, 1.807) is 31.5 Å². The fraction of sp³-hybridized carbons (Fsp3) is 0.100. The quantitative estimate of drug-likeness (QED) is 0.184. The van der Waals surface area contributed by atoms with E-state index in [2.05, 4.69) is 33.7 Å². The molecule has 38 heavy (non-hydrogen) atoms. The monoisotopic (exact) mass is 525 g/mol. The van der Waals surface area contributed by atoms with Crippen LogP contribution in [0.15, 0.2) is 96.2 Å². The van der Waals surface area contributed by atoms with Gasteiger partial charge < -0.3 is 14.2 Å². The van der Waals surface area contributed by atoms with Gasteiger partial charge in [-0.25, -0.2) is 5.43 Å². The summed E-state index contributed by atoms with van der Waals surface area (Å²) < 4.78 is 17.2. The number of hydrogen-bond acceptors (Lipinski definition) is 6. The lowest BCUT2D eigenvalue weighted by molar-refractivity contribution is -0.123. The van der Waals surface area contributed by atoms with E-state index in [0.717, 1.165) is 21.7 Å². The Morgan fingerprint density at radius 2 is 1.74 bits per heavy atom. The number of nitrogens with one attached hydrogen (secondary N) is 1. The van der Waals surface area contributed by atoms with Gasteiger partial charge >= 0.3 is 0 Å². The lowest BCUT2D eigenvalue weighted by atomic mass is 10.1. The molecule has 5 rings (SSSR count). The fourth-order valence-corrected chi connectivity index (χ4v) is 4.34. The number of pyridine rings is 1. The average molecular weight is 526 g/mol. The molecule has 1 amide bonds. The minimum Gasteiger partial charge on any atom is -0.493 e. The van der Waals surface area contributed by atoms with Crippen molar-refractivity contribution in [2.45, 2.75) is 6.61 Å². The van der Waals surface area contributed by atoms with E-state index in [0.29, 0.717) is 40.0 Å². The number of amides is 1. The zero-order valence-corrected chi connectivity index (χ0v) is 21.3. The molecular weight excluding hydrogens is 502 g/mol. The van der Waals surface area contributed by atoms with Gasteiger partial charge in [-0.1, -0.05) is 72.3 Å². The molecule has 4 aromatic carbocycles. The van der Waals surface area contributed by atoms with Crippen LogP contribution >= 0.6 is 11.6 Å². The second-order valence-corrected chi connectivity index (χ2v) is 8.78. The Hall–Kier alpha value is -4.62. The molecule has 1 N–H and O–H groups in total. The predicted octanol–water partition coefficient (Wildman–Crippen LogP) is 6.16. The molecule has 5 aromatic rings. The number of nitrogens with zero attached hydrogens (tertiary/aromatic N) is 2. The highest BCUT2D eigenvalue weighted by Gasteiger charge is 2.13. The van der Waals surface area contributed by atoms with Gasteiger partial charge in [-0.3, -0.25) is 9.78 Å². The van der Waals surface area contributed by atoms with E-state index in [9.17, 15) is 4.79 Å². The number of benzene rings is 4. The summed E-state index contributed by atoms with van der Waals surface area (Å²) in [6.45, 7) is 0.116. The van der Waals surface area contributed by atoms with E-state index in [-0.39, 0.29) is 6.61 Å². The van der Waals surface area contributed by atoms with Gasteiger partial charge in [0.05, 0.1) is 18.3 Å². The summed E-state index contributed by atoms with van der Waals surface area (Å²) in [5, 5.41) is 7.56. The molecule has 0 aliphatic rings. The van der Waals surface area contributed by atoms with E-state index < -0.39 is 5.91 Å². The van der Waals surface area contributed by atoms with Crippen LogP contribution in [0.1, 0.15) is 11.1 Å². The maximum absolute atomic E-state index is 12.3. The average Bonchev–Trinajstić information content (AvgIpc) is 2.95. The number of hydrogen-bond donors (Lipinski definition) is 1. The molecule has 0 radical (unpaired) electrons. The second kappa shape index (κ2) is 11.6. The second-order valence-electron chi connectivity index (χ2n) is 8.37. The molecule has 1 heterocycles. The van der Waals surface area contributed by atoms with Crippen molar-refractivity contribution < 1.29 is 19.0 Å².